The van der Waals surface area contributed by atoms with E-state index in [4.69, 9.17) is 14.2 Å². The van der Waals surface area contributed by atoms with Crippen molar-refractivity contribution in [3.63, 3.8) is 0 Å². The maximum atomic E-state index is 13.0. The lowest BCUT2D eigenvalue weighted by atomic mass is 10.1. The van der Waals surface area contributed by atoms with E-state index in [1.807, 2.05) is 19.1 Å². The average molecular weight is 669 g/mol. The third kappa shape index (κ3) is 6.94. The fourth-order valence-electron chi connectivity index (χ4n) is 3.79. The fourth-order valence-corrected chi connectivity index (χ4v) is 5.40. The van der Waals surface area contributed by atoms with Crippen LogP contribution in [0.1, 0.15) is 23.6 Å². The van der Waals surface area contributed by atoms with Crippen LogP contribution in [0, 0.1) is 14.9 Å². The number of benzene rings is 3. The molecule has 0 atom stereocenters. The summed E-state index contributed by atoms with van der Waals surface area (Å²) in [6, 6.07) is 19.6. The lowest BCUT2D eigenvalue weighted by molar-refractivity contribution is -0.127. The quantitative estimate of drug-likeness (QED) is 0.212. The Morgan fingerprint density at radius 1 is 1.12 bits per heavy atom. The molecule has 0 saturated carbocycles. The number of nitrogens with zero attached hydrogens (tertiary/aromatic N) is 2. The van der Waals surface area contributed by atoms with Crippen LogP contribution >= 0.6 is 34.4 Å². The molecular formula is C29H24IN3O6S. The summed E-state index contributed by atoms with van der Waals surface area (Å²) in [7, 11) is 1.54. The molecule has 1 aliphatic rings. The number of carbonyl (C=O) groups is 3. The van der Waals surface area contributed by atoms with Crippen LogP contribution in [0.15, 0.2) is 65.6 Å². The van der Waals surface area contributed by atoms with Gasteiger partial charge < -0.3 is 19.5 Å². The van der Waals surface area contributed by atoms with E-state index in [0.29, 0.717) is 40.7 Å². The van der Waals surface area contributed by atoms with Crippen molar-refractivity contribution in [1.82, 2.24) is 4.90 Å². The molecule has 0 aliphatic carbocycles. The number of thioether (sulfide) groups is 1. The molecule has 0 bridgehead atoms. The number of hydrogen-bond donors (Lipinski definition) is 1. The van der Waals surface area contributed by atoms with E-state index < -0.39 is 23.6 Å². The number of nitrogens with one attached hydrogen (secondary N) is 1. The second-order valence-electron chi connectivity index (χ2n) is 8.37. The van der Waals surface area contributed by atoms with Gasteiger partial charge in [0.05, 0.1) is 33.8 Å². The molecule has 0 spiro atoms. The molecule has 1 saturated heterocycles. The third-order valence-corrected chi connectivity index (χ3v) is 7.40. The average Bonchev–Trinajstić information content (AvgIpc) is 3.20. The van der Waals surface area contributed by atoms with Gasteiger partial charge in [0.15, 0.2) is 11.5 Å². The highest BCUT2D eigenvalue weighted by Crippen LogP contribution is 2.38. The van der Waals surface area contributed by atoms with Gasteiger partial charge in [-0.3, -0.25) is 19.3 Å². The van der Waals surface area contributed by atoms with Crippen molar-refractivity contribution in [2.45, 2.75) is 13.5 Å². The number of hydrogen-bond acceptors (Lipinski definition) is 8. The first-order valence-electron chi connectivity index (χ1n) is 12.1. The summed E-state index contributed by atoms with van der Waals surface area (Å²) in [5.41, 5.74) is 2.42. The first-order chi connectivity index (χ1) is 19.3. The Morgan fingerprint density at radius 2 is 1.88 bits per heavy atom. The Morgan fingerprint density at radius 3 is 2.58 bits per heavy atom. The topological polar surface area (TPSA) is 118 Å². The van der Waals surface area contributed by atoms with E-state index in [1.165, 1.54) is 0 Å². The number of rotatable bonds is 10. The zero-order valence-corrected chi connectivity index (χ0v) is 24.6. The van der Waals surface area contributed by atoms with Crippen LogP contribution < -0.4 is 19.5 Å². The minimum absolute atomic E-state index is 0.177. The van der Waals surface area contributed by atoms with E-state index in [-0.39, 0.29) is 11.5 Å². The Bertz CT molecular complexity index is 1520. The highest BCUT2D eigenvalue weighted by atomic mass is 127. The number of imide groups is 1. The Hall–Kier alpha value is -4.02. The Kier molecular flexibility index (Phi) is 9.68. The SMILES string of the molecule is CCOc1cc(/C=C2/SC(=O)N(CC(=O)Nc3ccc(OC)cc3)C2=O)cc(I)c1OCc1ccccc1C#N. The molecule has 204 valence electrons. The Labute approximate surface area is 249 Å². The molecule has 0 aromatic heterocycles. The van der Waals surface area contributed by atoms with Gasteiger partial charge in [0.25, 0.3) is 11.1 Å². The summed E-state index contributed by atoms with van der Waals surface area (Å²) in [6.07, 6.45) is 1.59. The van der Waals surface area contributed by atoms with Gasteiger partial charge >= 0.3 is 0 Å². The normalized spacial score (nSPS) is 13.8. The molecule has 0 unspecified atom stereocenters. The summed E-state index contributed by atoms with van der Waals surface area (Å²) in [5.74, 6) is 0.562. The van der Waals surface area contributed by atoms with E-state index in [1.54, 1.807) is 61.7 Å². The van der Waals surface area contributed by atoms with Crippen LogP contribution in [0.4, 0.5) is 10.5 Å². The largest absolute Gasteiger partial charge is 0.497 e. The van der Waals surface area contributed by atoms with Gasteiger partial charge in [-0.25, -0.2) is 0 Å². The first-order valence-corrected chi connectivity index (χ1v) is 14.0. The monoisotopic (exact) mass is 669 g/mol. The van der Waals surface area contributed by atoms with E-state index >= 15 is 0 Å². The van der Waals surface area contributed by atoms with E-state index in [0.717, 1.165) is 25.8 Å². The van der Waals surface area contributed by atoms with Crippen molar-refractivity contribution in [2.75, 3.05) is 25.6 Å². The van der Waals surface area contributed by atoms with Gasteiger partial charge in [-0.05, 0) is 95.4 Å². The van der Waals surface area contributed by atoms with Gasteiger partial charge in [-0.2, -0.15) is 5.26 Å². The maximum Gasteiger partial charge on any atom is 0.294 e. The van der Waals surface area contributed by atoms with Crippen molar-refractivity contribution >= 4 is 63.2 Å². The van der Waals surface area contributed by atoms with Crippen LogP contribution in [-0.2, 0) is 16.2 Å². The number of ether oxygens (including phenoxy) is 3. The maximum absolute atomic E-state index is 13.0. The summed E-state index contributed by atoms with van der Waals surface area (Å²) in [6.45, 7) is 1.99. The first kappa shape index (κ1) is 29.0. The van der Waals surface area contributed by atoms with Crippen molar-refractivity contribution < 1.29 is 28.6 Å². The number of nitriles is 1. The number of methoxy groups -OCH3 is 1. The van der Waals surface area contributed by atoms with Crippen LogP contribution in [0.25, 0.3) is 6.08 Å². The van der Waals surface area contributed by atoms with Crippen LogP contribution in [0.3, 0.4) is 0 Å². The minimum atomic E-state index is -0.554. The van der Waals surface area contributed by atoms with Gasteiger partial charge in [0, 0.05) is 11.3 Å². The molecule has 40 heavy (non-hydrogen) atoms. The van der Waals surface area contributed by atoms with Gasteiger partial charge in [-0.1, -0.05) is 18.2 Å². The third-order valence-electron chi connectivity index (χ3n) is 5.69. The van der Waals surface area contributed by atoms with Crippen LogP contribution in [0.5, 0.6) is 17.2 Å². The Balaban J connectivity index is 1.48. The number of anilines is 1. The van der Waals surface area contributed by atoms with Gasteiger partial charge in [0.1, 0.15) is 18.9 Å². The summed E-state index contributed by atoms with van der Waals surface area (Å²) in [4.78, 5) is 39.2. The summed E-state index contributed by atoms with van der Waals surface area (Å²) < 4.78 is 17.7. The number of carbonyl (C=O) groups excluding carboxylic acids is 3. The lowest BCUT2D eigenvalue weighted by Gasteiger charge is -2.15. The second kappa shape index (κ2) is 13.4. The van der Waals surface area contributed by atoms with Crippen molar-refractivity contribution in [3.05, 3.63) is 85.8 Å². The van der Waals surface area contributed by atoms with Crippen molar-refractivity contribution in [3.8, 4) is 23.3 Å². The zero-order valence-electron chi connectivity index (χ0n) is 21.6. The molecule has 0 radical (unpaired) electrons. The van der Waals surface area contributed by atoms with Crippen molar-refractivity contribution in [1.29, 1.82) is 5.26 Å². The molecule has 11 heteroatoms. The molecule has 1 fully saturated rings. The summed E-state index contributed by atoms with van der Waals surface area (Å²) in [5, 5.41) is 11.5. The molecule has 1 aliphatic heterocycles. The molecule has 4 rings (SSSR count). The molecule has 1 N–H and O–H groups in total. The second-order valence-corrected chi connectivity index (χ2v) is 10.5. The van der Waals surface area contributed by atoms with E-state index in [2.05, 4.69) is 34.0 Å². The van der Waals surface area contributed by atoms with Gasteiger partial charge in [0.2, 0.25) is 5.91 Å². The highest BCUT2D eigenvalue weighted by molar-refractivity contribution is 14.1. The van der Waals surface area contributed by atoms with Gasteiger partial charge in [-0.15, -0.1) is 0 Å². The smallest absolute Gasteiger partial charge is 0.294 e. The van der Waals surface area contributed by atoms with Crippen LogP contribution in [0.2, 0.25) is 0 Å². The van der Waals surface area contributed by atoms with Crippen molar-refractivity contribution in [2.24, 2.45) is 0 Å². The van der Waals surface area contributed by atoms with Crippen LogP contribution in [-0.4, -0.2) is 42.2 Å². The predicted molar refractivity (Wildman–Crippen MR) is 160 cm³/mol. The minimum Gasteiger partial charge on any atom is -0.497 e. The molecule has 3 aromatic carbocycles. The fraction of sp³-hybridized carbons (Fsp3) is 0.172. The molecular weight excluding hydrogens is 645 g/mol. The zero-order chi connectivity index (χ0) is 28.6. The molecule has 1 heterocycles. The summed E-state index contributed by atoms with van der Waals surface area (Å²) >= 11 is 2.88. The molecule has 3 aromatic rings. The highest BCUT2D eigenvalue weighted by Gasteiger charge is 2.36. The number of amides is 3. The van der Waals surface area contributed by atoms with E-state index in [9.17, 15) is 19.6 Å². The molecule has 3 amide bonds. The molecule has 9 nitrogen and oxygen atoms in total. The lowest BCUT2D eigenvalue weighted by Crippen LogP contribution is -2.36. The standard InChI is InChI=1S/C29H24IN3O6S/c1-3-38-24-13-18(12-23(30)27(24)39-17-20-7-5-4-6-19(20)15-31)14-25-28(35)33(29(36)40-25)16-26(34)32-21-8-10-22(37-2)11-9-21/h4-14H,3,16-17H2,1-2H3,(H,32,34)/b25-14+. The predicted octanol–water partition coefficient (Wildman–Crippen LogP) is 5.82. The number of halogens is 1.